The van der Waals surface area contributed by atoms with E-state index in [2.05, 4.69) is 5.32 Å². The minimum absolute atomic E-state index is 0.0224. The number of nitrogens with two attached hydrogens (primary N) is 2. The predicted octanol–water partition coefficient (Wildman–Crippen LogP) is 2.11. The van der Waals surface area contributed by atoms with Crippen molar-refractivity contribution >= 4 is 23.4 Å². The summed E-state index contributed by atoms with van der Waals surface area (Å²) in [5, 5.41) is 10.8. The smallest absolute Gasteiger partial charge is 0.302 e. The maximum atomic E-state index is 11.4. The number of rotatable bonds is 10. The molecule has 8 heteroatoms. The van der Waals surface area contributed by atoms with E-state index < -0.39 is 17.9 Å². The molecular formula is C21H26N4O4. The molecule has 2 aromatic carbocycles. The number of anilines is 1. The van der Waals surface area contributed by atoms with E-state index in [0.717, 1.165) is 23.2 Å². The molecule has 1 unspecified atom stereocenters. The minimum Gasteiger partial charge on any atom is -0.483 e. The van der Waals surface area contributed by atoms with Gasteiger partial charge in [-0.2, -0.15) is 0 Å². The summed E-state index contributed by atoms with van der Waals surface area (Å²) in [5.74, 6) is -0.536. The number of esters is 1. The molecule has 0 aromatic heterocycles. The number of ether oxygens (including phenoxy) is 2. The number of benzene rings is 2. The Kier molecular flexibility index (Phi) is 7.59. The van der Waals surface area contributed by atoms with Gasteiger partial charge in [-0.25, -0.2) is 0 Å². The zero-order valence-corrected chi connectivity index (χ0v) is 16.5. The zero-order valence-electron chi connectivity index (χ0n) is 16.5. The molecule has 0 radical (unpaired) electrons. The summed E-state index contributed by atoms with van der Waals surface area (Å²) in [6.07, 6.45) is 0.802. The highest BCUT2D eigenvalue weighted by atomic mass is 16.5. The van der Waals surface area contributed by atoms with Gasteiger partial charge in [-0.3, -0.25) is 15.0 Å². The van der Waals surface area contributed by atoms with E-state index in [9.17, 15) is 9.59 Å². The van der Waals surface area contributed by atoms with Gasteiger partial charge in [0.1, 0.15) is 18.2 Å². The molecule has 0 fully saturated rings. The molecule has 2 aromatic rings. The molecule has 1 amide bonds. The summed E-state index contributed by atoms with van der Waals surface area (Å²) in [5.41, 5.74) is 13.9. The van der Waals surface area contributed by atoms with Gasteiger partial charge in [-0.1, -0.05) is 13.0 Å². The van der Waals surface area contributed by atoms with Gasteiger partial charge in [-0.05, 0) is 48.4 Å². The summed E-state index contributed by atoms with van der Waals surface area (Å²) >= 11 is 0. The lowest BCUT2D eigenvalue weighted by Gasteiger charge is -2.23. The molecule has 0 saturated heterocycles. The second-order valence-electron chi connectivity index (χ2n) is 6.47. The van der Waals surface area contributed by atoms with Crippen LogP contribution in [0.4, 0.5) is 5.69 Å². The quantitative estimate of drug-likeness (QED) is 0.274. The number of hydrogen-bond donors (Lipinski definition) is 4. The van der Waals surface area contributed by atoms with Crippen molar-refractivity contribution in [2.24, 2.45) is 11.5 Å². The molecule has 0 heterocycles. The van der Waals surface area contributed by atoms with E-state index >= 15 is 0 Å². The summed E-state index contributed by atoms with van der Waals surface area (Å²) in [6.45, 7) is 3.17. The Morgan fingerprint density at radius 3 is 2.38 bits per heavy atom. The summed E-state index contributed by atoms with van der Waals surface area (Å²) in [4.78, 5) is 22.5. The third-order valence-corrected chi connectivity index (χ3v) is 4.22. The Bertz CT molecular complexity index is 881. The second-order valence-corrected chi connectivity index (χ2v) is 6.47. The molecule has 0 aliphatic heterocycles. The maximum Gasteiger partial charge on any atom is 0.302 e. The summed E-state index contributed by atoms with van der Waals surface area (Å²) in [7, 11) is 0. The lowest BCUT2D eigenvalue weighted by molar-refractivity contribution is -0.141. The molecule has 8 nitrogen and oxygen atoms in total. The monoisotopic (exact) mass is 398 g/mol. The van der Waals surface area contributed by atoms with Crippen molar-refractivity contribution in [1.82, 2.24) is 0 Å². The van der Waals surface area contributed by atoms with E-state index in [0.29, 0.717) is 11.3 Å². The number of hydrogen-bond acceptors (Lipinski definition) is 6. The molecule has 1 atom stereocenters. The number of nitrogens with one attached hydrogen (secondary N) is 2. The Morgan fingerprint density at radius 2 is 1.83 bits per heavy atom. The van der Waals surface area contributed by atoms with Crippen molar-refractivity contribution in [3.8, 4) is 5.75 Å². The molecule has 0 bridgehead atoms. The van der Waals surface area contributed by atoms with Crippen molar-refractivity contribution in [1.29, 1.82) is 5.41 Å². The van der Waals surface area contributed by atoms with Crippen LogP contribution in [-0.4, -0.2) is 30.9 Å². The third-order valence-electron chi connectivity index (χ3n) is 4.22. The molecule has 29 heavy (non-hydrogen) atoms. The van der Waals surface area contributed by atoms with Crippen LogP contribution in [0.3, 0.4) is 0 Å². The molecule has 154 valence electrons. The van der Waals surface area contributed by atoms with Gasteiger partial charge in [0.05, 0.1) is 6.04 Å². The fourth-order valence-electron chi connectivity index (χ4n) is 2.73. The van der Waals surface area contributed by atoms with Crippen LogP contribution in [0, 0.1) is 5.41 Å². The first-order chi connectivity index (χ1) is 13.8. The van der Waals surface area contributed by atoms with Gasteiger partial charge >= 0.3 is 5.97 Å². The lowest BCUT2D eigenvalue weighted by atomic mass is 10.0. The number of primary amides is 1. The van der Waals surface area contributed by atoms with Crippen LogP contribution < -0.4 is 21.5 Å². The standard InChI is InChI=1S/C21H26N4O4/c1-3-14-4-9-19(29-12-20(22)27)17(10-14)18(11-28-13(2)26)25-16-7-5-15(6-8-16)21(23)24/h4-10,18,25H,3,11-12H2,1-2H3,(H2,22,27)(H3,23,24). The average molecular weight is 398 g/mol. The molecule has 0 aliphatic rings. The van der Waals surface area contributed by atoms with Crippen LogP contribution in [0.5, 0.6) is 5.75 Å². The van der Waals surface area contributed by atoms with E-state index in [-0.39, 0.29) is 19.0 Å². The normalized spacial score (nSPS) is 11.4. The van der Waals surface area contributed by atoms with Crippen LogP contribution in [-0.2, 0) is 20.7 Å². The predicted molar refractivity (Wildman–Crippen MR) is 111 cm³/mol. The SMILES string of the molecule is CCc1ccc(OCC(N)=O)c(C(COC(C)=O)Nc2ccc(C(=N)N)cc2)c1. The number of amidine groups is 1. The molecule has 0 aliphatic carbocycles. The molecule has 2 rings (SSSR count). The lowest BCUT2D eigenvalue weighted by Crippen LogP contribution is -2.23. The fourth-order valence-corrected chi connectivity index (χ4v) is 2.73. The van der Waals surface area contributed by atoms with Crippen molar-refractivity contribution < 1.29 is 19.1 Å². The van der Waals surface area contributed by atoms with Gasteiger partial charge in [0, 0.05) is 23.7 Å². The Balaban J connectivity index is 2.37. The largest absolute Gasteiger partial charge is 0.483 e. The minimum atomic E-state index is -0.583. The van der Waals surface area contributed by atoms with Crippen molar-refractivity contribution in [2.45, 2.75) is 26.3 Å². The van der Waals surface area contributed by atoms with Crippen LogP contribution in [0.25, 0.3) is 0 Å². The first-order valence-corrected chi connectivity index (χ1v) is 9.18. The molecule has 0 saturated carbocycles. The molecule has 0 spiro atoms. The van der Waals surface area contributed by atoms with Gasteiger partial charge in [0.2, 0.25) is 0 Å². The van der Waals surface area contributed by atoms with E-state index in [1.807, 2.05) is 19.1 Å². The van der Waals surface area contributed by atoms with Crippen molar-refractivity contribution in [2.75, 3.05) is 18.5 Å². The van der Waals surface area contributed by atoms with Crippen LogP contribution in [0.1, 0.15) is 36.6 Å². The van der Waals surface area contributed by atoms with Crippen LogP contribution in [0.2, 0.25) is 0 Å². The zero-order chi connectivity index (χ0) is 21.4. The first kappa shape index (κ1) is 21.7. The van der Waals surface area contributed by atoms with E-state index in [1.54, 1.807) is 30.3 Å². The van der Waals surface area contributed by atoms with E-state index in [4.69, 9.17) is 26.4 Å². The van der Waals surface area contributed by atoms with Gasteiger partial charge in [-0.15, -0.1) is 0 Å². The highest BCUT2D eigenvalue weighted by Gasteiger charge is 2.19. The average Bonchev–Trinajstić information content (AvgIpc) is 2.69. The second kappa shape index (κ2) is 10.1. The van der Waals surface area contributed by atoms with Gasteiger partial charge in [0.25, 0.3) is 5.91 Å². The number of carbonyl (C=O) groups excluding carboxylic acids is 2. The molecular weight excluding hydrogens is 372 g/mol. The summed E-state index contributed by atoms with van der Waals surface area (Å²) < 4.78 is 10.8. The Morgan fingerprint density at radius 1 is 1.14 bits per heavy atom. The molecule has 6 N–H and O–H groups in total. The van der Waals surface area contributed by atoms with Crippen LogP contribution >= 0.6 is 0 Å². The topological polar surface area (TPSA) is 141 Å². The third kappa shape index (κ3) is 6.53. The summed E-state index contributed by atoms with van der Waals surface area (Å²) in [6, 6.07) is 12.2. The van der Waals surface area contributed by atoms with Crippen LogP contribution in [0.15, 0.2) is 42.5 Å². The van der Waals surface area contributed by atoms with Gasteiger partial charge < -0.3 is 26.3 Å². The number of amides is 1. The van der Waals surface area contributed by atoms with Crippen molar-refractivity contribution in [3.63, 3.8) is 0 Å². The van der Waals surface area contributed by atoms with Gasteiger partial charge in [0.15, 0.2) is 6.61 Å². The van der Waals surface area contributed by atoms with Crippen molar-refractivity contribution in [3.05, 3.63) is 59.2 Å². The number of aryl methyl sites for hydroxylation is 1. The van der Waals surface area contributed by atoms with E-state index in [1.165, 1.54) is 6.92 Å². The number of nitrogen functional groups attached to an aromatic ring is 1. The Labute approximate surface area is 169 Å². The fraction of sp³-hybridized carbons (Fsp3) is 0.286. The highest BCUT2D eigenvalue weighted by Crippen LogP contribution is 2.30. The maximum absolute atomic E-state index is 11.4. The number of carbonyl (C=O) groups is 2. The highest BCUT2D eigenvalue weighted by molar-refractivity contribution is 5.95. The Hall–Kier alpha value is -3.55. The first-order valence-electron chi connectivity index (χ1n) is 9.18.